The summed E-state index contributed by atoms with van der Waals surface area (Å²) in [6.45, 7) is 2.80. The van der Waals surface area contributed by atoms with Crippen molar-refractivity contribution in [3.05, 3.63) is 17.7 Å². The van der Waals surface area contributed by atoms with Gasteiger partial charge in [-0.3, -0.25) is 0 Å². The third kappa shape index (κ3) is 0.894. The predicted molar refractivity (Wildman–Crippen MR) is 47.9 cm³/mol. The van der Waals surface area contributed by atoms with Crippen LogP contribution in [0.25, 0.3) is 0 Å². The molecule has 1 aromatic heterocycles. The maximum atomic E-state index is 5.78. The highest BCUT2D eigenvalue weighted by atomic mass is 14.9. The summed E-state index contributed by atoms with van der Waals surface area (Å²) < 4.78 is 0. The molecular formula is C9H15N3. The first-order valence-corrected chi connectivity index (χ1v) is 4.49. The van der Waals surface area contributed by atoms with Crippen LogP contribution in [0, 0.1) is 6.92 Å². The van der Waals surface area contributed by atoms with Crippen molar-refractivity contribution in [3.8, 4) is 0 Å². The maximum absolute atomic E-state index is 5.78. The first-order valence-electron chi connectivity index (χ1n) is 4.49. The monoisotopic (exact) mass is 165 g/mol. The SMILES string of the molecule is Cc1[nH]cnc1C1(CN)CCC1. The number of nitrogens with zero attached hydrogens (tertiary/aromatic N) is 1. The van der Waals surface area contributed by atoms with Crippen LogP contribution in [0.5, 0.6) is 0 Å². The number of aromatic nitrogens is 2. The molecule has 1 heterocycles. The summed E-state index contributed by atoms with van der Waals surface area (Å²) in [6, 6.07) is 0. The quantitative estimate of drug-likeness (QED) is 0.689. The second kappa shape index (κ2) is 2.59. The molecule has 0 saturated heterocycles. The van der Waals surface area contributed by atoms with E-state index in [1.807, 2.05) is 0 Å². The second-order valence-corrected chi connectivity index (χ2v) is 3.71. The highest BCUT2D eigenvalue weighted by Gasteiger charge is 2.39. The van der Waals surface area contributed by atoms with E-state index in [9.17, 15) is 0 Å². The molecule has 0 spiro atoms. The molecule has 1 aliphatic carbocycles. The van der Waals surface area contributed by atoms with E-state index in [-0.39, 0.29) is 5.41 Å². The van der Waals surface area contributed by atoms with Crippen LogP contribution in [0.4, 0.5) is 0 Å². The Morgan fingerprint density at radius 3 is 2.75 bits per heavy atom. The number of aromatic amines is 1. The first-order chi connectivity index (χ1) is 5.78. The predicted octanol–water partition coefficient (Wildman–Crippen LogP) is 1.10. The van der Waals surface area contributed by atoms with Crippen LogP contribution in [0.2, 0.25) is 0 Å². The Bertz CT molecular complexity index is 268. The fraction of sp³-hybridized carbons (Fsp3) is 0.667. The summed E-state index contributed by atoms with van der Waals surface area (Å²) in [6.07, 6.45) is 5.47. The number of nitrogens with two attached hydrogens (primary N) is 1. The van der Waals surface area contributed by atoms with Gasteiger partial charge in [-0.25, -0.2) is 4.98 Å². The average molecular weight is 165 g/mol. The van der Waals surface area contributed by atoms with E-state index in [0.717, 1.165) is 6.54 Å². The van der Waals surface area contributed by atoms with E-state index in [1.54, 1.807) is 6.33 Å². The van der Waals surface area contributed by atoms with Gasteiger partial charge in [-0.2, -0.15) is 0 Å². The summed E-state index contributed by atoms with van der Waals surface area (Å²) in [4.78, 5) is 7.46. The molecule has 2 rings (SSSR count). The first kappa shape index (κ1) is 7.80. The molecule has 0 radical (unpaired) electrons. The number of rotatable bonds is 2. The summed E-state index contributed by atoms with van der Waals surface area (Å²) >= 11 is 0. The van der Waals surface area contributed by atoms with E-state index in [4.69, 9.17) is 5.73 Å². The topological polar surface area (TPSA) is 54.7 Å². The van der Waals surface area contributed by atoms with Crippen molar-refractivity contribution in [3.63, 3.8) is 0 Å². The van der Waals surface area contributed by atoms with Crippen LogP contribution in [0.1, 0.15) is 30.7 Å². The van der Waals surface area contributed by atoms with E-state index < -0.39 is 0 Å². The van der Waals surface area contributed by atoms with Gasteiger partial charge in [-0.05, 0) is 19.8 Å². The van der Waals surface area contributed by atoms with Crippen molar-refractivity contribution >= 4 is 0 Å². The molecule has 0 aromatic carbocycles. The molecule has 12 heavy (non-hydrogen) atoms. The van der Waals surface area contributed by atoms with Gasteiger partial charge < -0.3 is 10.7 Å². The zero-order valence-corrected chi connectivity index (χ0v) is 7.43. The maximum Gasteiger partial charge on any atom is 0.0925 e. The summed E-state index contributed by atoms with van der Waals surface area (Å²) in [5.74, 6) is 0. The molecule has 0 unspecified atom stereocenters. The van der Waals surface area contributed by atoms with E-state index >= 15 is 0 Å². The summed E-state index contributed by atoms with van der Waals surface area (Å²) in [7, 11) is 0. The Kier molecular flexibility index (Phi) is 1.68. The van der Waals surface area contributed by atoms with E-state index in [1.165, 1.54) is 30.7 Å². The van der Waals surface area contributed by atoms with Gasteiger partial charge in [0.1, 0.15) is 0 Å². The zero-order valence-electron chi connectivity index (χ0n) is 7.43. The molecule has 3 nitrogen and oxygen atoms in total. The highest BCUT2D eigenvalue weighted by Crippen LogP contribution is 2.42. The van der Waals surface area contributed by atoms with Crippen molar-refractivity contribution in [2.75, 3.05) is 6.54 Å². The summed E-state index contributed by atoms with van der Waals surface area (Å²) in [5.41, 5.74) is 8.36. The minimum atomic E-state index is 0.212. The summed E-state index contributed by atoms with van der Waals surface area (Å²) in [5, 5.41) is 0. The largest absolute Gasteiger partial charge is 0.348 e. The number of hydrogen-bond donors (Lipinski definition) is 2. The number of hydrogen-bond acceptors (Lipinski definition) is 2. The average Bonchev–Trinajstić information content (AvgIpc) is 2.36. The fourth-order valence-corrected chi connectivity index (χ4v) is 2.03. The number of H-pyrrole nitrogens is 1. The van der Waals surface area contributed by atoms with Crippen LogP contribution in [0.15, 0.2) is 6.33 Å². The van der Waals surface area contributed by atoms with Gasteiger partial charge >= 0.3 is 0 Å². The standard InChI is InChI=1S/C9H15N3/c1-7-8(12-6-11-7)9(5-10)3-2-4-9/h6H,2-5,10H2,1H3,(H,11,12). The van der Waals surface area contributed by atoms with Crippen LogP contribution in [-0.4, -0.2) is 16.5 Å². The Hall–Kier alpha value is -0.830. The Morgan fingerprint density at radius 1 is 1.67 bits per heavy atom. The molecule has 1 fully saturated rings. The number of aryl methyl sites for hydroxylation is 1. The van der Waals surface area contributed by atoms with Crippen LogP contribution in [0.3, 0.4) is 0 Å². The van der Waals surface area contributed by atoms with Crippen molar-refractivity contribution in [1.29, 1.82) is 0 Å². The van der Waals surface area contributed by atoms with Gasteiger partial charge in [0.15, 0.2) is 0 Å². The zero-order chi connectivity index (χ0) is 8.60. The lowest BCUT2D eigenvalue weighted by atomic mass is 9.66. The third-order valence-corrected chi connectivity index (χ3v) is 3.03. The Morgan fingerprint density at radius 2 is 2.42 bits per heavy atom. The minimum Gasteiger partial charge on any atom is -0.348 e. The highest BCUT2D eigenvalue weighted by molar-refractivity contribution is 5.25. The lowest BCUT2D eigenvalue weighted by Gasteiger charge is -2.40. The lowest BCUT2D eigenvalue weighted by molar-refractivity contribution is 0.245. The van der Waals surface area contributed by atoms with Gasteiger partial charge in [0.05, 0.1) is 12.0 Å². The van der Waals surface area contributed by atoms with Crippen LogP contribution >= 0.6 is 0 Å². The molecule has 1 aromatic rings. The van der Waals surface area contributed by atoms with Crippen molar-refractivity contribution in [1.82, 2.24) is 9.97 Å². The van der Waals surface area contributed by atoms with Gasteiger partial charge in [0.25, 0.3) is 0 Å². The van der Waals surface area contributed by atoms with Gasteiger partial charge in [0, 0.05) is 17.7 Å². The van der Waals surface area contributed by atoms with Gasteiger partial charge in [-0.1, -0.05) is 6.42 Å². The molecule has 0 aliphatic heterocycles. The molecule has 3 N–H and O–H groups in total. The van der Waals surface area contributed by atoms with Crippen molar-refractivity contribution < 1.29 is 0 Å². The lowest BCUT2D eigenvalue weighted by Crippen LogP contribution is -2.42. The van der Waals surface area contributed by atoms with Gasteiger partial charge in [-0.15, -0.1) is 0 Å². The van der Waals surface area contributed by atoms with Gasteiger partial charge in [0.2, 0.25) is 0 Å². The molecule has 0 amide bonds. The number of imidazole rings is 1. The fourth-order valence-electron chi connectivity index (χ4n) is 2.03. The molecule has 66 valence electrons. The molecule has 1 aliphatic rings. The van der Waals surface area contributed by atoms with Crippen LogP contribution in [-0.2, 0) is 5.41 Å². The molecule has 0 atom stereocenters. The normalized spacial score (nSPS) is 20.5. The van der Waals surface area contributed by atoms with Crippen LogP contribution < -0.4 is 5.73 Å². The van der Waals surface area contributed by atoms with Crippen molar-refractivity contribution in [2.45, 2.75) is 31.6 Å². The number of nitrogens with one attached hydrogen (secondary N) is 1. The second-order valence-electron chi connectivity index (χ2n) is 3.71. The van der Waals surface area contributed by atoms with Crippen molar-refractivity contribution in [2.24, 2.45) is 5.73 Å². The van der Waals surface area contributed by atoms with E-state index in [0.29, 0.717) is 0 Å². The Balaban J connectivity index is 2.33. The van der Waals surface area contributed by atoms with E-state index in [2.05, 4.69) is 16.9 Å². The molecular weight excluding hydrogens is 150 g/mol. The minimum absolute atomic E-state index is 0.212. The third-order valence-electron chi connectivity index (χ3n) is 3.03. The smallest absolute Gasteiger partial charge is 0.0925 e. The molecule has 1 saturated carbocycles. The Labute approximate surface area is 72.4 Å². The molecule has 0 bridgehead atoms. The molecule has 3 heteroatoms.